The zero-order chi connectivity index (χ0) is 6.53. The van der Waals surface area contributed by atoms with Gasteiger partial charge in [-0.2, -0.15) is 6.21 Å². The molecule has 0 radical (unpaired) electrons. The van der Waals surface area contributed by atoms with Crippen molar-refractivity contribution >= 4 is 11.9 Å². The molecule has 9 heavy (non-hydrogen) atoms. The van der Waals surface area contributed by atoms with Crippen molar-refractivity contribution in [1.82, 2.24) is 0 Å². The van der Waals surface area contributed by atoms with E-state index in [0.717, 1.165) is 5.69 Å². The summed E-state index contributed by atoms with van der Waals surface area (Å²) in [7, 11) is 0. The molecule has 1 aromatic carbocycles. The minimum absolute atomic E-state index is 0.958. The summed E-state index contributed by atoms with van der Waals surface area (Å²) < 4.78 is 0. The van der Waals surface area contributed by atoms with Gasteiger partial charge >= 0.3 is 0 Å². The number of benzene rings is 1. The maximum Gasteiger partial charge on any atom is -0.0651 e. The van der Waals surface area contributed by atoms with Crippen molar-refractivity contribution in [2.75, 3.05) is 0 Å². The monoisotopic (exact) mass is 118 g/mol. The second kappa shape index (κ2) is 3.02. The van der Waals surface area contributed by atoms with E-state index in [0.29, 0.717) is 0 Å². The summed E-state index contributed by atoms with van der Waals surface area (Å²) in [6.45, 7) is 1.78. The summed E-state index contributed by atoms with van der Waals surface area (Å²) in [4.78, 5) is 3.96. The van der Waals surface area contributed by atoms with Crippen LogP contribution in [0.5, 0.6) is 0 Å². The second-order valence-corrected chi connectivity index (χ2v) is 1.67. The third-order valence-corrected chi connectivity index (χ3v) is 0.997. The summed E-state index contributed by atoms with van der Waals surface area (Å²) in [6, 6.07) is 9.76. The summed E-state index contributed by atoms with van der Waals surface area (Å²) in [5, 5.41) is 0. The molecule has 0 fully saturated rings. The first-order chi connectivity index (χ1) is 4.43. The normalized spacial score (nSPS) is 10.3. The molecular formula is C8H8N-. The Kier molecular flexibility index (Phi) is 2.02. The Hall–Kier alpha value is -1.11. The van der Waals surface area contributed by atoms with E-state index in [-0.39, 0.29) is 0 Å². The molecule has 0 aromatic heterocycles. The molecule has 1 rings (SSSR count). The van der Waals surface area contributed by atoms with Crippen LogP contribution in [-0.2, 0) is 0 Å². The van der Waals surface area contributed by atoms with E-state index < -0.39 is 0 Å². The molecule has 0 aliphatic carbocycles. The molecule has 0 spiro atoms. The second-order valence-electron chi connectivity index (χ2n) is 1.67. The third-order valence-electron chi connectivity index (χ3n) is 0.997. The Morgan fingerprint density at radius 1 is 1.22 bits per heavy atom. The molecule has 0 bridgehead atoms. The molecule has 46 valence electrons. The van der Waals surface area contributed by atoms with Crippen molar-refractivity contribution in [1.29, 1.82) is 0 Å². The fourth-order valence-corrected chi connectivity index (χ4v) is 0.632. The summed E-state index contributed by atoms with van der Waals surface area (Å²) >= 11 is 0. The maximum atomic E-state index is 3.96. The van der Waals surface area contributed by atoms with E-state index in [1.807, 2.05) is 30.3 Å². The highest BCUT2D eigenvalue weighted by atomic mass is 14.7. The average molecular weight is 118 g/mol. The standard InChI is InChI=1S/C8H8N/c1-2-9-8-6-4-3-5-7-8/h3-7H,1H3/q-1. The van der Waals surface area contributed by atoms with Crippen LogP contribution < -0.4 is 0 Å². The molecule has 0 heterocycles. The van der Waals surface area contributed by atoms with Gasteiger partial charge in [0.15, 0.2) is 0 Å². The molecule has 0 saturated heterocycles. The van der Waals surface area contributed by atoms with Crippen LogP contribution in [-0.4, -0.2) is 6.21 Å². The molecule has 0 aliphatic heterocycles. The lowest BCUT2D eigenvalue weighted by Crippen LogP contribution is -1.61. The Morgan fingerprint density at radius 3 is 2.44 bits per heavy atom. The Labute approximate surface area is 55.1 Å². The van der Waals surface area contributed by atoms with E-state index in [1.165, 1.54) is 0 Å². The van der Waals surface area contributed by atoms with Gasteiger partial charge in [0.1, 0.15) is 0 Å². The summed E-state index contributed by atoms with van der Waals surface area (Å²) in [5.41, 5.74) is 0.958. The van der Waals surface area contributed by atoms with Crippen LogP contribution in [0.2, 0.25) is 0 Å². The fourth-order valence-electron chi connectivity index (χ4n) is 0.632. The zero-order valence-electron chi connectivity index (χ0n) is 5.33. The predicted octanol–water partition coefficient (Wildman–Crippen LogP) is 2.29. The van der Waals surface area contributed by atoms with Crippen LogP contribution in [0.25, 0.3) is 0 Å². The number of aliphatic imine (C=N–C) groups is 1. The largest absolute Gasteiger partial charge is 0.456 e. The highest BCUT2D eigenvalue weighted by Gasteiger charge is 1.68. The van der Waals surface area contributed by atoms with Crippen molar-refractivity contribution in [2.24, 2.45) is 4.99 Å². The van der Waals surface area contributed by atoms with Gasteiger partial charge in [-0.3, -0.25) is 0 Å². The number of hydrogen-bond acceptors (Lipinski definition) is 1. The first-order valence-corrected chi connectivity index (χ1v) is 2.86. The third kappa shape index (κ3) is 1.68. The van der Waals surface area contributed by atoms with Gasteiger partial charge < -0.3 is 4.99 Å². The zero-order valence-corrected chi connectivity index (χ0v) is 5.33. The minimum Gasteiger partial charge on any atom is -0.456 e. The minimum atomic E-state index is 0.958. The van der Waals surface area contributed by atoms with Crippen LogP contribution in [0.15, 0.2) is 35.3 Å². The van der Waals surface area contributed by atoms with Gasteiger partial charge in [-0.15, -0.1) is 19.1 Å². The van der Waals surface area contributed by atoms with E-state index in [1.54, 1.807) is 6.92 Å². The average Bonchev–Trinajstić information content (AvgIpc) is 1.91. The maximum absolute atomic E-state index is 3.96. The smallest absolute Gasteiger partial charge is 0.0651 e. The summed E-state index contributed by atoms with van der Waals surface area (Å²) in [5.74, 6) is 0. The molecule has 0 unspecified atom stereocenters. The highest BCUT2D eigenvalue weighted by molar-refractivity contribution is 5.59. The molecule has 0 N–H and O–H groups in total. The van der Waals surface area contributed by atoms with E-state index >= 15 is 0 Å². The lowest BCUT2D eigenvalue weighted by atomic mass is 10.3. The van der Waals surface area contributed by atoms with Crippen LogP contribution >= 0.6 is 0 Å². The van der Waals surface area contributed by atoms with Gasteiger partial charge in [0.2, 0.25) is 0 Å². The SMILES string of the molecule is C[C-]=Nc1ccccc1. The van der Waals surface area contributed by atoms with Gasteiger partial charge in [0, 0.05) is 0 Å². The van der Waals surface area contributed by atoms with Crippen molar-refractivity contribution < 1.29 is 0 Å². The molecule has 0 aliphatic rings. The number of rotatable bonds is 1. The fraction of sp³-hybridized carbons (Fsp3) is 0.125. The molecule has 1 nitrogen and oxygen atoms in total. The Balaban J connectivity index is 2.85. The van der Waals surface area contributed by atoms with Crippen molar-refractivity contribution in [2.45, 2.75) is 6.92 Å². The van der Waals surface area contributed by atoms with Crippen molar-refractivity contribution in [3.05, 3.63) is 30.3 Å². The van der Waals surface area contributed by atoms with E-state index in [9.17, 15) is 0 Å². The molecule has 0 amide bonds. The summed E-state index contributed by atoms with van der Waals surface area (Å²) in [6.07, 6.45) is 2.71. The van der Waals surface area contributed by atoms with Crippen molar-refractivity contribution in [3.8, 4) is 0 Å². The Morgan fingerprint density at radius 2 is 1.89 bits per heavy atom. The van der Waals surface area contributed by atoms with Gasteiger partial charge in [-0.25, -0.2) is 0 Å². The molecular weight excluding hydrogens is 110 g/mol. The number of para-hydroxylation sites is 1. The first-order valence-electron chi connectivity index (χ1n) is 2.86. The van der Waals surface area contributed by atoms with Gasteiger partial charge in [-0.05, 0) is 0 Å². The molecule has 0 atom stereocenters. The number of nitrogens with zero attached hydrogens (tertiary/aromatic N) is 1. The van der Waals surface area contributed by atoms with Crippen molar-refractivity contribution in [3.63, 3.8) is 0 Å². The molecule has 1 aromatic rings. The lowest BCUT2D eigenvalue weighted by molar-refractivity contribution is 1.53. The van der Waals surface area contributed by atoms with E-state index in [2.05, 4.69) is 11.2 Å². The molecule has 0 saturated carbocycles. The van der Waals surface area contributed by atoms with Gasteiger partial charge in [0.05, 0.1) is 0 Å². The van der Waals surface area contributed by atoms with Crippen LogP contribution in [0.1, 0.15) is 6.92 Å². The van der Waals surface area contributed by atoms with Gasteiger partial charge in [0.25, 0.3) is 0 Å². The lowest BCUT2D eigenvalue weighted by Gasteiger charge is -1.98. The Bertz CT molecular complexity index is 189. The van der Waals surface area contributed by atoms with Crippen LogP contribution in [0.4, 0.5) is 5.69 Å². The van der Waals surface area contributed by atoms with Gasteiger partial charge in [-0.1, -0.05) is 23.9 Å². The van der Waals surface area contributed by atoms with Crippen LogP contribution in [0.3, 0.4) is 0 Å². The van der Waals surface area contributed by atoms with Crippen LogP contribution in [0, 0.1) is 0 Å². The predicted molar refractivity (Wildman–Crippen MR) is 39.2 cm³/mol. The molecule has 1 heteroatoms. The number of hydrogen-bond donors (Lipinski definition) is 0. The van der Waals surface area contributed by atoms with E-state index in [4.69, 9.17) is 0 Å². The topological polar surface area (TPSA) is 12.4 Å². The first kappa shape index (κ1) is 6.02. The highest BCUT2D eigenvalue weighted by Crippen LogP contribution is 2.07. The quantitative estimate of drug-likeness (QED) is 0.396.